The van der Waals surface area contributed by atoms with Crippen molar-refractivity contribution < 1.29 is 13.2 Å². The van der Waals surface area contributed by atoms with Gasteiger partial charge in [-0.15, -0.1) is 0 Å². The van der Waals surface area contributed by atoms with Crippen LogP contribution in [0.4, 0.5) is 0 Å². The van der Waals surface area contributed by atoms with E-state index in [4.69, 9.17) is 5.14 Å². The summed E-state index contributed by atoms with van der Waals surface area (Å²) >= 11 is 0. The molecule has 0 aliphatic carbocycles. The van der Waals surface area contributed by atoms with E-state index in [0.29, 0.717) is 13.0 Å². The summed E-state index contributed by atoms with van der Waals surface area (Å²) in [5.74, 6) is -0.442. The van der Waals surface area contributed by atoms with E-state index >= 15 is 0 Å². The Morgan fingerprint density at radius 3 is 2.44 bits per heavy atom. The Bertz CT molecular complexity index is 1170. The predicted octanol–water partition coefficient (Wildman–Crippen LogP) is 1.16. The minimum atomic E-state index is -3.72. The van der Waals surface area contributed by atoms with Crippen molar-refractivity contribution >= 4 is 26.8 Å². The van der Waals surface area contributed by atoms with Gasteiger partial charge in [-0.25, -0.2) is 13.6 Å². The van der Waals surface area contributed by atoms with Crippen LogP contribution in [-0.4, -0.2) is 25.4 Å². The van der Waals surface area contributed by atoms with Gasteiger partial charge in [0.05, 0.1) is 10.4 Å². The normalized spacial score (nSPS) is 11.5. The molecule has 0 bridgehead atoms. The number of aromatic nitrogens is 1. The van der Waals surface area contributed by atoms with Gasteiger partial charge >= 0.3 is 0 Å². The third kappa shape index (κ3) is 4.07. The number of rotatable bonds is 5. The Morgan fingerprint density at radius 2 is 1.78 bits per heavy atom. The molecule has 1 amide bonds. The van der Waals surface area contributed by atoms with E-state index in [-0.39, 0.29) is 16.0 Å². The fourth-order valence-electron chi connectivity index (χ4n) is 2.85. The highest BCUT2D eigenvalue weighted by molar-refractivity contribution is 7.89. The standard InChI is InChI=1S/C19H19N3O4S/c1-22-17-5-3-2-4-14(17)12-16(19(22)24)18(23)21-11-10-13-6-8-15(9-7-13)27(20,25)26/h2-9,12H,10-11H2,1H3,(H,21,23)(H2,20,25,26). The van der Waals surface area contributed by atoms with Gasteiger partial charge in [0.15, 0.2) is 0 Å². The Labute approximate surface area is 156 Å². The summed E-state index contributed by atoms with van der Waals surface area (Å²) in [4.78, 5) is 24.9. The number of pyridine rings is 1. The molecule has 3 rings (SSSR count). The molecule has 1 heterocycles. The second-order valence-electron chi connectivity index (χ2n) is 6.18. The van der Waals surface area contributed by atoms with Gasteiger partial charge in [-0.2, -0.15) is 0 Å². The van der Waals surface area contributed by atoms with Crippen LogP contribution in [0.5, 0.6) is 0 Å². The van der Waals surface area contributed by atoms with E-state index in [1.807, 2.05) is 24.3 Å². The molecule has 3 aromatic rings. The maximum Gasteiger partial charge on any atom is 0.263 e. The number of sulfonamides is 1. The zero-order valence-electron chi connectivity index (χ0n) is 14.7. The molecule has 0 fully saturated rings. The Hall–Kier alpha value is -2.97. The number of hydrogen-bond acceptors (Lipinski definition) is 4. The third-order valence-electron chi connectivity index (χ3n) is 4.33. The van der Waals surface area contributed by atoms with Crippen LogP contribution >= 0.6 is 0 Å². The maximum atomic E-state index is 12.4. The number of hydrogen-bond donors (Lipinski definition) is 2. The molecule has 0 radical (unpaired) electrons. The van der Waals surface area contributed by atoms with Gasteiger partial charge in [-0.05, 0) is 41.6 Å². The summed E-state index contributed by atoms with van der Waals surface area (Å²) < 4.78 is 23.9. The molecule has 0 aliphatic heterocycles. The molecule has 27 heavy (non-hydrogen) atoms. The van der Waals surface area contributed by atoms with Crippen LogP contribution in [-0.2, 0) is 23.5 Å². The van der Waals surface area contributed by atoms with Crippen molar-refractivity contribution in [3.63, 3.8) is 0 Å². The van der Waals surface area contributed by atoms with Crippen LogP contribution in [0.2, 0.25) is 0 Å². The fourth-order valence-corrected chi connectivity index (χ4v) is 3.36. The van der Waals surface area contributed by atoms with Crippen molar-refractivity contribution in [2.45, 2.75) is 11.3 Å². The lowest BCUT2D eigenvalue weighted by Crippen LogP contribution is -2.33. The van der Waals surface area contributed by atoms with Crippen LogP contribution in [0.1, 0.15) is 15.9 Å². The Balaban J connectivity index is 1.70. The number of para-hydroxylation sites is 1. The van der Waals surface area contributed by atoms with E-state index in [2.05, 4.69) is 5.32 Å². The number of nitrogens with zero attached hydrogens (tertiary/aromatic N) is 1. The number of amides is 1. The van der Waals surface area contributed by atoms with E-state index < -0.39 is 15.9 Å². The summed E-state index contributed by atoms with van der Waals surface area (Å²) in [6.07, 6.45) is 0.491. The van der Waals surface area contributed by atoms with Gasteiger partial charge in [-0.3, -0.25) is 9.59 Å². The molecule has 0 spiro atoms. The number of carbonyl (C=O) groups is 1. The van der Waals surface area contributed by atoms with Gasteiger partial charge in [0.25, 0.3) is 11.5 Å². The largest absolute Gasteiger partial charge is 0.352 e. The first kappa shape index (κ1) is 18.8. The van der Waals surface area contributed by atoms with Crippen LogP contribution in [0.25, 0.3) is 10.9 Å². The van der Waals surface area contributed by atoms with E-state index in [9.17, 15) is 18.0 Å². The van der Waals surface area contributed by atoms with E-state index in [1.165, 1.54) is 16.7 Å². The van der Waals surface area contributed by atoms with Crippen LogP contribution in [0.15, 0.2) is 64.3 Å². The number of fused-ring (bicyclic) bond motifs is 1. The van der Waals surface area contributed by atoms with Crippen LogP contribution in [0, 0.1) is 0 Å². The third-order valence-corrected chi connectivity index (χ3v) is 5.26. The first-order valence-corrected chi connectivity index (χ1v) is 9.81. The van der Waals surface area contributed by atoms with E-state index in [0.717, 1.165) is 16.5 Å². The second kappa shape index (κ2) is 7.34. The molecule has 7 nitrogen and oxygen atoms in total. The molecule has 0 saturated heterocycles. The minimum Gasteiger partial charge on any atom is -0.352 e. The van der Waals surface area contributed by atoms with Gasteiger partial charge in [0, 0.05) is 13.6 Å². The molecule has 1 aromatic heterocycles. The van der Waals surface area contributed by atoms with E-state index in [1.54, 1.807) is 25.2 Å². The highest BCUT2D eigenvalue weighted by atomic mass is 32.2. The van der Waals surface area contributed by atoms with Gasteiger partial charge < -0.3 is 9.88 Å². The summed E-state index contributed by atoms with van der Waals surface area (Å²) in [6, 6.07) is 15.1. The lowest BCUT2D eigenvalue weighted by molar-refractivity contribution is 0.0952. The molecule has 140 valence electrons. The summed E-state index contributed by atoms with van der Waals surface area (Å²) in [5, 5.41) is 8.60. The van der Waals surface area contributed by atoms with Crippen molar-refractivity contribution in [3.05, 3.63) is 76.1 Å². The number of nitrogens with two attached hydrogens (primary N) is 1. The van der Waals surface area contributed by atoms with Crippen molar-refractivity contribution in [1.82, 2.24) is 9.88 Å². The number of benzene rings is 2. The number of primary sulfonamides is 1. The minimum absolute atomic E-state index is 0.0370. The molecule has 3 N–H and O–H groups in total. The number of aryl methyl sites for hydroxylation is 1. The SMILES string of the molecule is Cn1c(=O)c(C(=O)NCCc2ccc(S(N)(=O)=O)cc2)cc2ccccc21. The van der Waals surface area contributed by atoms with Crippen molar-refractivity contribution in [3.8, 4) is 0 Å². The topological polar surface area (TPSA) is 111 Å². The predicted molar refractivity (Wildman–Crippen MR) is 103 cm³/mol. The average molecular weight is 385 g/mol. The van der Waals surface area contributed by atoms with Crippen molar-refractivity contribution in [2.75, 3.05) is 6.54 Å². The van der Waals surface area contributed by atoms with Crippen molar-refractivity contribution in [1.29, 1.82) is 0 Å². The highest BCUT2D eigenvalue weighted by Gasteiger charge is 2.14. The maximum absolute atomic E-state index is 12.4. The molecule has 0 saturated carbocycles. The molecule has 0 atom stereocenters. The summed E-state index contributed by atoms with van der Waals surface area (Å²) in [7, 11) is -2.09. The molecule has 0 unspecified atom stereocenters. The zero-order chi connectivity index (χ0) is 19.6. The molecular formula is C19H19N3O4S. The summed E-state index contributed by atoms with van der Waals surface area (Å²) in [5.41, 5.74) is 1.33. The van der Waals surface area contributed by atoms with Crippen LogP contribution < -0.4 is 16.0 Å². The van der Waals surface area contributed by atoms with Gasteiger partial charge in [0.1, 0.15) is 5.56 Å². The Kier molecular flexibility index (Phi) is 5.11. The molecule has 0 aliphatic rings. The average Bonchev–Trinajstić information content (AvgIpc) is 2.64. The molecular weight excluding hydrogens is 366 g/mol. The van der Waals surface area contributed by atoms with Crippen LogP contribution in [0.3, 0.4) is 0 Å². The number of nitrogens with one attached hydrogen (secondary N) is 1. The second-order valence-corrected chi connectivity index (χ2v) is 7.74. The summed E-state index contributed by atoms with van der Waals surface area (Å²) in [6.45, 7) is 0.309. The highest BCUT2D eigenvalue weighted by Crippen LogP contribution is 2.12. The first-order valence-electron chi connectivity index (χ1n) is 8.26. The molecule has 8 heteroatoms. The molecule has 2 aromatic carbocycles. The number of carbonyl (C=O) groups excluding carboxylic acids is 1. The van der Waals surface area contributed by atoms with Crippen molar-refractivity contribution in [2.24, 2.45) is 12.2 Å². The zero-order valence-corrected chi connectivity index (χ0v) is 15.5. The fraction of sp³-hybridized carbons (Fsp3) is 0.158. The smallest absolute Gasteiger partial charge is 0.263 e. The quantitative estimate of drug-likeness (QED) is 0.686. The van der Waals surface area contributed by atoms with Gasteiger partial charge in [0.2, 0.25) is 10.0 Å². The monoisotopic (exact) mass is 385 g/mol. The van der Waals surface area contributed by atoms with Gasteiger partial charge in [-0.1, -0.05) is 30.3 Å². The first-order chi connectivity index (χ1) is 12.8. The lowest BCUT2D eigenvalue weighted by atomic mass is 10.1. The lowest BCUT2D eigenvalue weighted by Gasteiger charge is -2.09. The Morgan fingerprint density at radius 1 is 1.11 bits per heavy atom.